The van der Waals surface area contributed by atoms with Gasteiger partial charge in [-0.25, -0.2) is 5.43 Å². The van der Waals surface area contributed by atoms with E-state index in [1.54, 1.807) is 18.3 Å². The Balaban J connectivity index is 1.55. The molecule has 0 bridgehead atoms. The predicted molar refractivity (Wildman–Crippen MR) is 110 cm³/mol. The summed E-state index contributed by atoms with van der Waals surface area (Å²) >= 11 is 12.1. The van der Waals surface area contributed by atoms with E-state index in [9.17, 15) is 0 Å². The molecule has 1 N–H and O–H groups in total. The van der Waals surface area contributed by atoms with Gasteiger partial charge in [0.25, 0.3) is 0 Å². The third-order valence-corrected chi connectivity index (χ3v) is 5.28. The molecule has 2 aromatic rings. The molecule has 9 heteroatoms. The monoisotopic (exact) mass is 405 g/mol. The van der Waals surface area contributed by atoms with Crippen LogP contribution in [0.3, 0.4) is 0 Å². The number of rotatable bonds is 5. The van der Waals surface area contributed by atoms with Gasteiger partial charge in [0.2, 0.25) is 17.8 Å². The molecule has 4 rings (SSSR count). The first kappa shape index (κ1) is 18.3. The number of halogens is 2. The van der Waals surface area contributed by atoms with E-state index in [1.165, 1.54) is 25.7 Å². The summed E-state index contributed by atoms with van der Waals surface area (Å²) < 4.78 is 0. The van der Waals surface area contributed by atoms with E-state index in [-0.39, 0.29) is 0 Å². The van der Waals surface area contributed by atoms with Crippen LogP contribution in [0, 0.1) is 0 Å². The highest BCUT2D eigenvalue weighted by Crippen LogP contribution is 2.23. The van der Waals surface area contributed by atoms with Crippen LogP contribution >= 0.6 is 23.2 Å². The molecule has 1 aromatic heterocycles. The number of benzene rings is 1. The molecule has 0 aliphatic carbocycles. The first-order valence-corrected chi connectivity index (χ1v) is 9.95. The lowest BCUT2D eigenvalue weighted by molar-refractivity contribution is 0.838. The molecule has 1 aromatic carbocycles. The molecular formula is C18H21Cl2N7. The molecule has 2 saturated heterocycles. The zero-order valence-corrected chi connectivity index (χ0v) is 16.4. The molecule has 2 fully saturated rings. The van der Waals surface area contributed by atoms with Gasteiger partial charge in [0, 0.05) is 36.8 Å². The van der Waals surface area contributed by atoms with Crippen molar-refractivity contribution in [3.8, 4) is 0 Å². The van der Waals surface area contributed by atoms with E-state index in [1.807, 2.05) is 6.07 Å². The Morgan fingerprint density at radius 3 is 2.04 bits per heavy atom. The predicted octanol–water partition coefficient (Wildman–Crippen LogP) is 3.82. The van der Waals surface area contributed by atoms with E-state index in [0.29, 0.717) is 27.9 Å². The van der Waals surface area contributed by atoms with Crippen molar-refractivity contribution in [3.05, 3.63) is 33.8 Å². The highest BCUT2D eigenvalue weighted by atomic mass is 35.5. The van der Waals surface area contributed by atoms with Gasteiger partial charge in [-0.1, -0.05) is 29.3 Å². The fourth-order valence-electron chi connectivity index (χ4n) is 3.29. The number of hydrazone groups is 1. The van der Waals surface area contributed by atoms with E-state index in [0.717, 1.165) is 31.7 Å². The van der Waals surface area contributed by atoms with Crippen LogP contribution in [0.5, 0.6) is 0 Å². The Hall–Kier alpha value is -2.12. The Morgan fingerprint density at radius 2 is 1.48 bits per heavy atom. The Morgan fingerprint density at radius 1 is 0.889 bits per heavy atom. The van der Waals surface area contributed by atoms with Gasteiger partial charge in [-0.2, -0.15) is 20.1 Å². The maximum absolute atomic E-state index is 6.18. The van der Waals surface area contributed by atoms with Crippen LogP contribution in [0.4, 0.5) is 17.8 Å². The average Bonchev–Trinajstić information content (AvgIpc) is 3.37. The lowest BCUT2D eigenvalue weighted by atomic mass is 10.2. The van der Waals surface area contributed by atoms with Crippen molar-refractivity contribution in [1.82, 2.24) is 15.0 Å². The summed E-state index contributed by atoms with van der Waals surface area (Å²) in [4.78, 5) is 18.2. The van der Waals surface area contributed by atoms with E-state index < -0.39 is 0 Å². The fraction of sp³-hybridized carbons (Fsp3) is 0.444. The van der Waals surface area contributed by atoms with E-state index >= 15 is 0 Å². The molecule has 142 valence electrons. The lowest BCUT2D eigenvalue weighted by Gasteiger charge is -2.20. The number of nitrogens with one attached hydrogen (secondary N) is 1. The van der Waals surface area contributed by atoms with Gasteiger partial charge in [0.05, 0.1) is 11.2 Å². The van der Waals surface area contributed by atoms with Crippen LogP contribution in [-0.2, 0) is 0 Å². The summed E-state index contributed by atoms with van der Waals surface area (Å²) in [5, 5.41) is 5.38. The minimum atomic E-state index is 0.440. The molecule has 27 heavy (non-hydrogen) atoms. The smallest absolute Gasteiger partial charge is 0.250 e. The highest BCUT2D eigenvalue weighted by Gasteiger charge is 2.21. The number of anilines is 3. The topological polar surface area (TPSA) is 69.5 Å². The standard InChI is InChI=1S/C18H21Cl2N7/c19-14-6-5-13(15(20)11-14)12-21-25-16-22-17(26-7-1-2-8-26)24-18(23-16)27-9-3-4-10-27/h5-6,11-12H,1-4,7-10H2,(H,22,23,24,25)/b21-12-. The van der Waals surface area contributed by atoms with Crippen molar-refractivity contribution in [2.24, 2.45) is 5.10 Å². The number of hydrogen-bond donors (Lipinski definition) is 1. The Bertz CT molecular complexity index is 796. The summed E-state index contributed by atoms with van der Waals surface area (Å²) in [5.74, 6) is 1.87. The molecular weight excluding hydrogens is 385 g/mol. The molecule has 2 aliphatic heterocycles. The van der Waals surface area contributed by atoms with Crippen LogP contribution in [0.2, 0.25) is 10.0 Å². The molecule has 0 saturated carbocycles. The normalized spacial score (nSPS) is 17.3. The van der Waals surface area contributed by atoms with Crippen LogP contribution in [0.25, 0.3) is 0 Å². The second-order valence-electron chi connectivity index (χ2n) is 6.68. The maximum atomic E-state index is 6.18. The number of aromatic nitrogens is 3. The van der Waals surface area contributed by atoms with Crippen LogP contribution in [0.1, 0.15) is 31.2 Å². The van der Waals surface area contributed by atoms with Gasteiger partial charge in [-0.05, 0) is 37.8 Å². The zero-order valence-electron chi connectivity index (χ0n) is 14.9. The minimum absolute atomic E-state index is 0.440. The third kappa shape index (κ3) is 4.42. The van der Waals surface area contributed by atoms with Crippen molar-refractivity contribution in [1.29, 1.82) is 0 Å². The van der Waals surface area contributed by atoms with Crippen LogP contribution in [-0.4, -0.2) is 47.3 Å². The molecule has 2 aliphatic rings. The fourth-order valence-corrected chi connectivity index (χ4v) is 3.74. The van der Waals surface area contributed by atoms with E-state index in [4.69, 9.17) is 23.2 Å². The average molecular weight is 406 g/mol. The summed E-state index contributed by atoms with van der Waals surface area (Å²) in [6, 6.07) is 5.27. The summed E-state index contributed by atoms with van der Waals surface area (Å²) in [5.41, 5.74) is 3.69. The lowest BCUT2D eigenvalue weighted by Crippen LogP contribution is -2.25. The van der Waals surface area contributed by atoms with Gasteiger partial charge in [0.15, 0.2) is 0 Å². The molecule has 0 unspecified atom stereocenters. The van der Waals surface area contributed by atoms with Gasteiger partial charge < -0.3 is 9.80 Å². The Labute approximate surface area is 168 Å². The van der Waals surface area contributed by atoms with Gasteiger partial charge >= 0.3 is 0 Å². The van der Waals surface area contributed by atoms with Crippen LogP contribution in [0.15, 0.2) is 23.3 Å². The summed E-state index contributed by atoms with van der Waals surface area (Å²) in [6.07, 6.45) is 6.30. The van der Waals surface area contributed by atoms with Crippen molar-refractivity contribution in [2.75, 3.05) is 41.4 Å². The van der Waals surface area contributed by atoms with Gasteiger partial charge in [0.1, 0.15) is 0 Å². The maximum Gasteiger partial charge on any atom is 0.250 e. The van der Waals surface area contributed by atoms with Crippen LogP contribution < -0.4 is 15.2 Å². The molecule has 3 heterocycles. The van der Waals surface area contributed by atoms with Gasteiger partial charge in [-0.3, -0.25) is 0 Å². The zero-order chi connectivity index (χ0) is 18.6. The second kappa shape index (κ2) is 8.27. The largest absolute Gasteiger partial charge is 0.341 e. The first-order valence-electron chi connectivity index (χ1n) is 9.19. The second-order valence-corrected chi connectivity index (χ2v) is 7.53. The number of nitrogens with zero attached hydrogens (tertiary/aromatic N) is 6. The third-order valence-electron chi connectivity index (χ3n) is 4.72. The molecule has 7 nitrogen and oxygen atoms in total. The molecule has 0 spiro atoms. The quantitative estimate of drug-likeness (QED) is 0.601. The molecule has 0 atom stereocenters. The van der Waals surface area contributed by atoms with E-state index in [2.05, 4.69) is 35.3 Å². The highest BCUT2D eigenvalue weighted by molar-refractivity contribution is 6.36. The van der Waals surface area contributed by atoms with Crippen molar-refractivity contribution in [3.63, 3.8) is 0 Å². The summed E-state index contributed by atoms with van der Waals surface area (Å²) in [7, 11) is 0. The van der Waals surface area contributed by atoms with Crippen molar-refractivity contribution >= 4 is 47.3 Å². The molecule has 0 radical (unpaired) electrons. The Kier molecular flexibility index (Phi) is 5.59. The van der Waals surface area contributed by atoms with Crippen molar-refractivity contribution < 1.29 is 0 Å². The first-order chi connectivity index (χ1) is 13.2. The molecule has 0 amide bonds. The van der Waals surface area contributed by atoms with Gasteiger partial charge in [-0.15, -0.1) is 0 Å². The summed E-state index contributed by atoms with van der Waals surface area (Å²) in [6.45, 7) is 3.91. The number of hydrogen-bond acceptors (Lipinski definition) is 7. The minimum Gasteiger partial charge on any atom is -0.341 e. The SMILES string of the molecule is Clc1ccc(/C=N\Nc2nc(N3CCCC3)nc(N3CCCC3)n2)c(Cl)c1. The van der Waals surface area contributed by atoms with Crippen molar-refractivity contribution in [2.45, 2.75) is 25.7 Å².